The van der Waals surface area contributed by atoms with Crippen molar-refractivity contribution in [3.8, 4) is 0 Å². The lowest BCUT2D eigenvalue weighted by Crippen LogP contribution is -2.46. The van der Waals surface area contributed by atoms with E-state index in [0.717, 1.165) is 0 Å². The molecule has 0 N–H and O–H groups in total. The molecule has 132 valence electrons. The summed E-state index contributed by atoms with van der Waals surface area (Å²) in [5.74, 6) is -1.14. The number of rotatable bonds is 4. The molecule has 0 aromatic heterocycles. The molecule has 2 fully saturated rings. The topological polar surface area (TPSA) is 63.2 Å². The zero-order chi connectivity index (χ0) is 17.5. The van der Waals surface area contributed by atoms with Crippen molar-refractivity contribution in [2.24, 2.45) is 0 Å². The van der Waals surface area contributed by atoms with Gasteiger partial charge in [-0.15, -0.1) is 0 Å². The third-order valence-corrected chi connectivity index (χ3v) is 4.47. The van der Waals surface area contributed by atoms with Crippen molar-refractivity contribution in [2.75, 3.05) is 7.11 Å². The van der Waals surface area contributed by atoms with Crippen LogP contribution in [0.4, 0.5) is 0 Å². The van der Waals surface area contributed by atoms with E-state index < -0.39 is 42.0 Å². The Bertz CT molecular complexity index is 601. The average molecular weight is 336 g/mol. The molecule has 1 aromatic rings. The van der Waals surface area contributed by atoms with Crippen LogP contribution in [0.15, 0.2) is 30.3 Å². The summed E-state index contributed by atoms with van der Waals surface area (Å²) in [6.07, 6.45) is -1.97. The van der Waals surface area contributed by atoms with Gasteiger partial charge in [0.15, 0.2) is 12.1 Å². The maximum absolute atomic E-state index is 12.3. The summed E-state index contributed by atoms with van der Waals surface area (Å²) in [6, 6.07) is 8.86. The Morgan fingerprint density at radius 3 is 2.50 bits per heavy atom. The van der Waals surface area contributed by atoms with Crippen LogP contribution in [-0.4, -0.2) is 49.1 Å². The summed E-state index contributed by atoms with van der Waals surface area (Å²) in [4.78, 5) is 12.3. The van der Waals surface area contributed by atoms with E-state index in [1.165, 1.54) is 0 Å². The summed E-state index contributed by atoms with van der Waals surface area (Å²) in [5.41, 5.74) is -0.256. The number of carbonyl (C=O) groups is 1. The van der Waals surface area contributed by atoms with Crippen LogP contribution in [0.3, 0.4) is 0 Å². The van der Waals surface area contributed by atoms with Crippen molar-refractivity contribution in [3.63, 3.8) is 0 Å². The molecule has 2 saturated heterocycles. The van der Waals surface area contributed by atoms with E-state index in [2.05, 4.69) is 0 Å². The summed E-state index contributed by atoms with van der Waals surface area (Å²) in [7, 11) is 1.56. The lowest BCUT2D eigenvalue weighted by Gasteiger charge is -2.28. The minimum absolute atomic E-state index is 0.393. The monoisotopic (exact) mass is 336 g/mol. The summed E-state index contributed by atoms with van der Waals surface area (Å²) < 4.78 is 29.0. The van der Waals surface area contributed by atoms with Gasteiger partial charge in [-0.05, 0) is 39.8 Å². The molecule has 5 atom stereocenters. The number of hydrogen-bond acceptors (Lipinski definition) is 6. The lowest BCUT2D eigenvalue weighted by atomic mass is 9.95. The lowest BCUT2D eigenvalue weighted by molar-refractivity contribution is -0.255. The van der Waals surface area contributed by atoms with Gasteiger partial charge < -0.3 is 23.7 Å². The quantitative estimate of drug-likeness (QED) is 0.787. The Labute approximate surface area is 142 Å². The van der Waals surface area contributed by atoms with E-state index in [4.69, 9.17) is 23.7 Å². The zero-order valence-electron chi connectivity index (χ0n) is 14.6. The van der Waals surface area contributed by atoms with Gasteiger partial charge in [0.2, 0.25) is 0 Å². The molecular formula is C18H24O6. The van der Waals surface area contributed by atoms with Gasteiger partial charge in [0.1, 0.15) is 23.9 Å². The minimum atomic E-state index is -0.754. The van der Waals surface area contributed by atoms with E-state index in [-0.39, 0.29) is 0 Å². The summed E-state index contributed by atoms with van der Waals surface area (Å²) in [6.45, 7) is 7.38. The second kappa shape index (κ2) is 6.11. The Morgan fingerprint density at radius 2 is 1.88 bits per heavy atom. The molecule has 3 rings (SSSR count). The normalized spacial score (nSPS) is 35.5. The molecule has 5 unspecified atom stereocenters. The highest BCUT2D eigenvalue weighted by molar-refractivity contribution is 5.89. The van der Waals surface area contributed by atoms with Crippen LogP contribution in [0.5, 0.6) is 0 Å². The van der Waals surface area contributed by atoms with Crippen LogP contribution in [0, 0.1) is 0 Å². The van der Waals surface area contributed by atoms with Crippen molar-refractivity contribution in [1.82, 2.24) is 0 Å². The molecule has 24 heavy (non-hydrogen) atoms. The van der Waals surface area contributed by atoms with Gasteiger partial charge in [0, 0.05) is 7.11 Å². The highest BCUT2D eigenvalue weighted by Crippen LogP contribution is 2.47. The second-order valence-corrected chi connectivity index (χ2v) is 6.87. The van der Waals surface area contributed by atoms with Crippen LogP contribution >= 0.6 is 0 Å². The molecule has 6 nitrogen and oxygen atoms in total. The molecule has 2 aliphatic rings. The van der Waals surface area contributed by atoms with Crippen LogP contribution in [0.25, 0.3) is 0 Å². The fourth-order valence-corrected chi connectivity index (χ4v) is 3.48. The first kappa shape index (κ1) is 17.4. The molecule has 6 heteroatoms. The molecule has 0 aliphatic carbocycles. The van der Waals surface area contributed by atoms with Gasteiger partial charge in [0.05, 0.1) is 5.56 Å². The maximum Gasteiger partial charge on any atom is 0.338 e. The SMILES string of the molecule is COC1OC(C(C)OC(=O)c2ccccc2)C2OC(C)(C)OC12C. The van der Waals surface area contributed by atoms with Gasteiger partial charge in [0.25, 0.3) is 0 Å². The van der Waals surface area contributed by atoms with Crippen molar-refractivity contribution < 1.29 is 28.5 Å². The Hall–Kier alpha value is -1.47. The third-order valence-electron chi connectivity index (χ3n) is 4.47. The zero-order valence-corrected chi connectivity index (χ0v) is 14.6. The average Bonchev–Trinajstić information content (AvgIpc) is 2.93. The largest absolute Gasteiger partial charge is 0.456 e. The summed E-state index contributed by atoms with van der Waals surface area (Å²) >= 11 is 0. The van der Waals surface area contributed by atoms with Gasteiger partial charge >= 0.3 is 5.97 Å². The number of esters is 1. The molecule has 2 heterocycles. The fraction of sp³-hybridized carbons (Fsp3) is 0.611. The molecule has 0 radical (unpaired) electrons. The van der Waals surface area contributed by atoms with Crippen LogP contribution in [0.2, 0.25) is 0 Å². The van der Waals surface area contributed by atoms with Gasteiger partial charge in [-0.25, -0.2) is 4.79 Å². The third kappa shape index (κ3) is 2.95. The Morgan fingerprint density at radius 1 is 1.21 bits per heavy atom. The van der Waals surface area contributed by atoms with Crippen LogP contribution in [0.1, 0.15) is 38.1 Å². The van der Waals surface area contributed by atoms with Gasteiger partial charge in [-0.3, -0.25) is 0 Å². The number of fused-ring (bicyclic) bond motifs is 1. The van der Waals surface area contributed by atoms with Crippen molar-refractivity contribution in [3.05, 3.63) is 35.9 Å². The first-order chi connectivity index (χ1) is 11.3. The molecular weight excluding hydrogens is 312 g/mol. The van der Waals surface area contributed by atoms with Crippen molar-refractivity contribution in [1.29, 1.82) is 0 Å². The fourth-order valence-electron chi connectivity index (χ4n) is 3.48. The minimum Gasteiger partial charge on any atom is -0.456 e. The molecule has 1 aromatic carbocycles. The maximum atomic E-state index is 12.3. The van der Waals surface area contributed by atoms with E-state index in [9.17, 15) is 4.79 Å². The number of carbonyl (C=O) groups excluding carboxylic acids is 1. The van der Waals surface area contributed by atoms with Crippen LogP contribution in [-0.2, 0) is 23.7 Å². The number of ether oxygens (including phenoxy) is 5. The standard InChI is InChI=1S/C18H24O6/c1-11(21-15(19)12-9-7-6-8-10-12)13-14-18(4,16(20-5)22-13)24-17(2,3)23-14/h6-11,13-14,16H,1-5H3. The second-order valence-electron chi connectivity index (χ2n) is 6.87. The predicted molar refractivity (Wildman–Crippen MR) is 85.4 cm³/mol. The van der Waals surface area contributed by atoms with E-state index in [0.29, 0.717) is 5.56 Å². The van der Waals surface area contributed by atoms with Crippen molar-refractivity contribution in [2.45, 2.75) is 63.7 Å². The predicted octanol–water partition coefficient (Wildman–Crippen LogP) is 2.51. The van der Waals surface area contributed by atoms with Gasteiger partial charge in [-0.2, -0.15) is 0 Å². The highest BCUT2D eigenvalue weighted by atomic mass is 16.8. The van der Waals surface area contributed by atoms with Crippen molar-refractivity contribution >= 4 is 5.97 Å². The Balaban J connectivity index is 1.75. The van der Waals surface area contributed by atoms with Gasteiger partial charge in [-0.1, -0.05) is 18.2 Å². The molecule has 0 saturated carbocycles. The first-order valence-corrected chi connectivity index (χ1v) is 8.09. The molecule has 0 spiro atoms. The number of methoxy groups -OCH3 is 1. The number of hydrogen-bond donors (Lipinski definition) is 0. The summed E-state index contributed by atoms with van der Waals surface area (Å²) in [5, 5.41) is 0. The molecule has 0 amide bonds. The van der Waals surface area contributed by atoms with Crippen LogP contribution < -0.4 is 0 Å². The number of benzene rings is 1. The Kier molecular flexibility index (Phi) is 4.42. The first-order valence-electron chi connectivity index (χ1n) is 8.09. The molecule has 2 aliphatic heterocycles. The highest BCUT2D eigenvalue weighted by Gasteiger charge is 2.65. The smallest absolute Gasteiger partial charge is 0.338 e. The molecule has 0 bridgehead atoms. The van der Waals surface area contributed by atoms with E-state index >= 15 is 0 Å². The van der Waals surface area contributed by atoms with E-state index in [1.54, 1.807) is 38.3 Å². The van der Waals surface area contributed by atoms with E-state index in [1.807, 2.05) is 26.8 Å².